The van der Waals surface area contributed by atoms with Gasteiger partial charge in [-0.3, -0.25) is 4.79 Å². The second-order valence-electron chi connectivity index (χ2n) is 4.48. The number of hydrogen-bond donors (Lipinski definition) is 1. The quantitative estimate of drug-likeness (QED) is 0.787. The van der Waals surface area contributed by atoms with Gasteiger partial charge in [0, 0.05) is 11.8 Å². The van der Waals surface area contributed by atoms with Crippen molar-refractivity contribution in [1.82, 2.24) is 9.97 Å². The zero-order valence-corrected chi connectivity index (χ0v) is 10.1. The van der Waals surface area contributed by atoms with Gasteiger partial charge in [0.1, 0.15) is 24.3 Å². The minimum absolute atomic E-state index is 0.105. The molecule has 0 aromatic carbocycles. The van der Waals surface area contributed by atoms with Gasteiger partial charge in [0.05, 0.1) is 0 Å². The first kappa shape index (κ1) is 12.4. The first-order valence-electron chi connectivity index (χ1n) is 5.11. The van der Waals surface area contributed by atoms with E-state index < -0.39 is 5.60 Å². The molecule has 1 N–H and O–H groups in total. The van der Waals surface area contributed by atoms with E-state index in [2.05, 4.69) is 15.3 Å². The zero-order chi connectivity index (χ0) is 12.2. The Hall–Kier alpha value is -1.65. The van der Waals surface area contributed by atoms with Gasteiger partial charge in [-0.05, 0) is 27.7 Å². The molecule has 88 valence electrons. The standard InChI is InChI=1S/C11H17N3O2/c1-8-5-9(14-7-13-8)12-6-10(15)16-11(2,3)4/h5,7H,6H2,1-4H3,(H,12,13,14). The fourth-order valence-corrected chi connectivity index (χ4v) is 1.09. The van der Waals surface area contributed by atoms with E-state index in [1.165, 1.54) is 6.33 Å². The first-order valence-corrected chi connectivity index (χ1v) is 5.11. The minimum atomic E-state index is -0.458. The number of ether oxygens (including phenoxy) is 1. The molecular weight excluding hydrogens is 206 g/mol. The van der Waals surface area contributed by atoms with Gasteiger partial charge in [0.15, 0.2) is 0 Å². The van der Waals surface area contributed by atoms with Crippen molar-refractivity contribution in [3.05, 3.63) is 18.1 Å². The van der Waals surface area contributed by atoms with Crippen LogP contribution in [0.2, 0.25) is 0 Å². The van der Waals surface area contributed by atoms with Crippen molar-refractivity contribution in [1.29, 1.82) is 0 Å². The topological polar surface area (TPSA) is 64.1 Å². The van der Waals surface area contributed by atoms with Crippen LogP contribution in [0.1, 0.15) is 26.5 Å². The highest BCUT2D eigenvalue weighted by molar-refractivity contribution is 5.74. The van der Waals surface area contributed by atoms with Crippen molar-refractivity contribution in [2.45, 2.75) is 33.3 Å². The maximum absolute atomic E-state index is 11.4. The van der Waals surface area contributed by atoms with Crippen molar-refractivity contribution in [2.75, 3.05) is 11.9 Å². The molecule has 0 unspecified atom stereocenters. The fraction of sp³-hybridized carbons (Fsp3) is 0.545. The van der Waals surface area contributed by atoms with E-state index >= 15 is 0 Å². The molecule has 1 aromatic rings. The van der Waals surface area contributed by atoms with E-state index in [9.17, 15) is 4.79 Å². The van der Waals surface area contributed by atoms with Gasteiger partial charge in [0.25, 0.3) is 0 Å². The molecule has 0 saturated carbocycles. The average Bonchev–Trinajstić information content (AvgIpc) is 2.12. The molecule has 0 amide bonds. The molecule has 16 heavy (non-hydrogen) atoms. The molecule has 0 aliphatic carbocycles. The highest BCUT2D eigenvalue weighted by Crippen LogP contribution is 2.07. The van der Waals surface area contributed by atoms with Crippen LogP contribution >= 0.6 is 0 Å². The number of nitrogens with zero attached hydrogens (tertiary/aromatic N) is 2. The third-order valence-corrected chi connectivity index (χ3v) is 1.64. The largest absolute Gasteiger partial charge is 0.459 e. The predicted molar refractivity (Wildman–Crippen MR) is 61.1 cm³/mol. The van der Waals surface area contributed by atoms with Gasteiger partial charge >= 0.3 is 5.97 Å². The first-order chi connectivity index (χ1) is 7.37. The Balaban J connectivity index is 2.43. The summed E-state index contributed by atoms with van der Waals surface area (Å²) in [6, 6.07) is 1.77. The Kier molecular flexibility index (Phi) is 3.82. The number of carbonyl (C=O) groups excluding carboxylic acids is 1. The third kappa shape index (κ3) is 4.72. The van der Waals surface area contributed by atoms with Crippen LogP contribution in [0.4, 0.5) is 5.82 Å². The molecule has 0 spiro atoms. The Morgan fingerprint density at radius 2 is 2.12 bits per heavy atom. The van der Waals surface area contributed by atoms with Gasteiger partial charge in [0.2, 0.25) is 0 Å². The maximum Gasteiger partial charge on any atom is 0.325 e. The smallest absolute Gasteiger partial charge is 0.325 e. The van der Waals surface area contributed by atoms with Crippen LogP contribution in [0.15, 0.2) is 12.4 Å². The lowest BCUT2D eigenvalue weighted by Crippen LogP contribution is -2.28. The lowest BCUT2D eigenvalue weighted by atomic mass is 10.2. The number of anilines is 1. The highest BCUT2D eigenvalue weighted by atomic mass is 16.6. The van der Waals surface area contributed by atoms with E-state index in [-0.39, 0.29) is 12.5 Å². The lowest BCUT2D eigenvalue weighted by molar-refractivity contribution is -0.152. The lowest BCUT2D eigenvalue weighted by Gasteiger charge is -2.19. The molecule has 0 atom stereocenters. The van der Waals surface area contributed by atoms with Crippen molar-refractivity contribution in [2.24, 2.45) is 0 Å². The summed E-state index contributed by atoms with van der Waals surface area (Å²) in [5, 5.41) is 2.88. The molecule has 0 fully saturated rings. The molecule has 5 heteroatoms. The second-order valence-corrected chi connectivity index (χ2v) is 4.48. The Bertz CT molecular complexity index is 372. The summed E-state index contributed by atoms with van der Waals surface area (Å²) in [4.78, 5) is 19.3. The summed E-state index contributed by atoms with van der Waals surface area (Å²) < 4.78 is 5.14. The molecule has 0 saturated heterocycles. The van der Waals surface area contributed by atoms with E-state index in [0.717, 1.165) is 5.69 Å². The second kappa shape index (κ2) is 4.92. The van der Waals surface area contributed by atoms with Crippen molar-refractivity contribution >= 4 is 11.8 Å². The number of esters is 1. The van der Waals surface area contributed by atoms with Gasteiger partial charge in [-0.2, -0.15) is 0 Å². The monoisotopic (exact) mass is 223 g/mol. The van der Waals surface area contributed by atoms with Crippen LogP contribution in [-0.4, -0.2) is 28.1 Å². The number of aromatic nitrogens is 2. The Morgan fingerprint density at radius 3 is 2.69 bits per heavy atom. The average molecular weight is 223 g/mol. The van der Waals surface area contributed by atoms with Crippen LogP contribution in [0, 0.1) is 6.92 Å². The van der Waals surface area contributed by atoms with E-state index in [1.54, 1.807) is 6.07 Å². The van der Waals surface area contributed by atoms with Gasteiger partial charge in [-0.15, -0.1) is 0 Å². The van der Waals surface area contributed by atoms with E-state index in [0.29, 0.717) is 5.82 Å². The molecule has 0 radical (unpaired) electrons. The van der Waals surface area contributed by atoms with Crippen molar-refractivity contribution in [3.63, 3.8) is 0 Å². The zero-order valence-electron chi connectivity index (χ0n) is 10.1. The number of hydrogen-bond acceptors (Lipinski definition) is 5. The fourth-order valence-electron chi connectivity index (χ4n) is 1.09. The summed E-state index contributed by atoms with van der Waals surface area (Å²) in [5.41, 5.74) is 0.391. The van der Waals surface area contributed by atoms with Crippen molar-refractivity contribution in [3.8, 4) is 0 Å². The number of carbonyl (C=O) groups is 1. The molecule has 0 aliphatic rings. The maximum atomic E-state index is 11.4. The van der Waals surface area contributed by atoms with E-state index in [1.807, 2.05) is 27.7 Å². The van der Waals surface area contributed by atoms with Crippen LogP contribution < -0.4 is 5.32 Å². The molecule has 0 bridgehead atoms. The summed E-state index contributed by atoms with van der Waals surface area (Å²) in [6.07, 6.45) is 1.45. The van der Waals surface area contributed by atoms with Gasteiger partial charge in [-0.25, -0.2) is 9.97 Å². The van der Waals surface area contributed by atoms with Crippen LogP contribution in [0.5, 0.6) is 0 Å². The van der Waals surface area contributed by atoms with Crippen LogP contribution in [0.3, 0.4) is 0 Å². The van der Waals surface area contributed by atoms with Gasteiger partial charge < -0.3 is 10.1 Å². The highest BCUT2D eigenvalue weighted by Gasteiger charge is 2.15. The van der Waals surface area contributed by atoms with Crippen LogP contribution in [-0.2, 0) is 9.53 Å². The summed E-state index contributed by atoms with van der Waals surface area (Å²) in [6.45, 7) is 7.47. The Labute approximate surface area is 95.3 Å². The van der Waals surface area contributed by atoms with Crippen LogP contribution in [0.25, 0.3) is 0 Å². The number of rotatable bonds is 3. The third-order valence-electron chi connectivity index (χ3n) is 1.64. The summed E-state index contributed by atoms with van der Waals surface area (Å²) in [7, 11) is 0. The summed E-state index contributed by atoms with van der Waals surface area (Å²) >= 11 is 0. The molecule has 0 aliphatic heterocycles. The van der Waals surface area contributed by atoms with E-state index in [4.69, 9.17) is 4.74 Å². The molecule has 1 rings (SSSR count). The normalized spacial score (nSPS) is 11.0. The Morgan fingerprint density at radius 1 is 1.44 bits per heavy atom. The predicted octanol–water partition coefficient (Wildman–Crippen LogP) is 1.54. The SMILES string of the molecule is Cc1cc(NCC(=O)OC(C)(C)C)ncn1. The summed E-state index contributed by atoms with van der Waals surface area (Å²) in [5.74, 6) is 0.321. The number of aryl methyl sites for hydroxylation is 1. The van der Waals surface area contributed by atoms with Crippen molar-refractivity contribution < 1.29 is 9.53 Å². The molecule has 1 aromatic heterocycles. The minimum Gasteiger partial charge on any atom is -0.459 e. The van der Waals surface area contributed by atoms with Gasteiger partial charge in [-0.1, -0.05) is 0 Å². The molecule has 1 heterocycles. The number of nitrogens with one attached hydrogen (secondary N) is 1. The molecular formula is C11H17N3O2. The molecule has 5 nitrogen and oxygen atoms in total.